The number of methoxy groups -OCH3 is 3. The molecule has 192 valence electrons. The number of nitrogens with zero attached hydrogens (tertiary/aromatic N) is 1. The van der Waals surface area contributed by atoms with Crippen molar-refractivity contribution in [3.63, 3.8) is 0 Å². The lowest BCUT2D eigenvalue weighted by atomic mass is 10.1. The minimum Gasteiger partial charge on any atom is -0.493 e. The summed E-state index contributed by atoms with van der Waals surface area (Å²) in [4.78, 5) is 23.9. The highest BCUT2D eigenvalue weighted by atomic mass is 16.5. The second-order valence-electron chi connectivity index (χ2n) is 8.28. The Morgan fingerprint density at radius 3 is 1.94 bits per heavy atom. The number of nitrogens with one attached hydrogen (secondary N) is 2. The number of hydrogen-bond donors (Lipinski definition) is 2. The molecule has 8 nitrogen and oxygen atoms in total. The van der Waals surface area contributed by atoms with Crippen LogP contribution in [0.5, 0.6) is 17.2 Å². The first kappa shape index (κ1) is 29.3. The van der Waals surface area contributed by atoms with Crippen LogP contribution in [0, 0.1) is 0 Å². The number of rotatable bonds is 19. The number of benzene rings is 1. The molecule has 0 radical (unpaired) electrons. The molecule has 0 aliphatic rings. The van der Waals surface area contributed by atoms with Crippen molar-refractivity contribution >= 4 is 18.0 Å². The predicted molar refractivity (Wildman–Crippen MR) is 136 cm³/mol. The molecule has 1 aromatic carbocycles. The summed E-state index contributed by atoms with van der Waals surface area (Å²) in [6.45, 7) is 2.13. The maximum absolute atomic E-state index is 12.0. The van der Waals surface area contributed by atoms with Gasteiger partial charge in [-0.3, -0.25) is 9.59 Å². The van der Waals surface area contributed by atoms with Crippen molar-refractivity contribution in [1.82, 2.24) is 10.7 Å². The van der Waals surface area contributed by atoms with E-state index >= 15 is 0 Å². The average molecular weight is 478 g/mol. The fraction of sp³-hybridized carbons (Fsp3) is 0.654. The van der Waals surface area contributed by atoms with Gasteiger partial charge in [0, 0.05) is 12.0 Å². The van der Waals surface area contributed by atoms with E-state index in [1.54, 1.807) is 12.1 Å². The standard InChI is InChI=1S/C26H43N3O5/c1-5-6-7-8-9-10-11-12-13-14-15-16-23(30)27-20-24(31)29-28-19-21-17-18-22(32-2)26(34-4)25(21)33-3/h17-19H,5-16,20H2,1-4H3,(H,27,30)(H,29,31)/b28-19+. The lowest BCUT2D eigenvalue weighted by molar-refractivity contribution is -0.126. The molecule has 0 saturated heterocycles. The van der Waals surface area contributed by atoms with Crippen LogP contribution in [0.3, 0.4) is 0 Å². The first-order valence-electron chi connectivity index (χ1n) is 12.4. The largest absolute Gasteiger partial charge is 0.493 e. The summed E-state index contributed by atoms with van der Waals surface area (Å²) < 4.78 is 15.9. The lowest BCUT2D eigenvalue weighted by Crippen LogP contribution is -2.34. The summed E-state index contributed by atoms with van der Waals surface area (Å²) in [5, 5.41) is 6.57. The van der Waals surface area contributed by atoms with Crippen LogP contribution in [-0.2, 0) is 9.59 Å². The van der Waals surface area contributed by atoms with Gasteiger partial charge in [-0.15, -0.1) is 0 Å². The molecule has 0 bridgehead atoms. The van der Waals surface area contributed by atoms with Gasteiger partial charge in [0.2, 0.25) is 11.7 Å². The number of hydrazone groups is 1. The Morgan fingerprint density at radius 1 is 0.794 bits per heavy atom. The van der Waals surface area contributed by atoms with Crippen LogP contribution in [0.2, 0.25) is 0 Å². The van der Waals surface area contributed by atoms with Gasteiger partial charge in [-0.2, -0.15) is 5.10 Å². The van der Waals surface area contributed by atoms with Gasteiger partial charge in [-0.05, 0) is 18.6 Å². The first-order valence-corrected chi connectivity index (χ1v) is 12.4. The first-order chi connectivity index (χ1) is 16.6. The Balaban J connectivity index is 2.19. The fourth-order valence-electron chi connectivity index (χ4n) is 3.66. The smallest absolute Gasteiger partial charge is 0.259 e. The zero-order valence-electron chi connectivity index (χ0n) is 21.4. The molecule has 34 heavy (non-hydrogen) atoms. The number of carbonyl (C=O) groups excluding carboxylic acids is 2. The molecule has 0 aliphatic heterocycles. The quantitative estimate of drug-likeness (QED) is 0.166. The minimum atomic E-state index is -0.400. The molecular weight excluding hydrogens is 434 g/mol. The molecule has 1 aromatic rings. The molecule has 1 rings (SSSR count). The number of amides is 2. The Morgan fingerprint density at radius 2 is 1.38 bits per heavy atom. The van der Waals surface area contributed by atoms with Gasteiger partial charge < -0.3 is 19.5 Å². The molecular formula is C26H43N3O5. The highest BCUT2D eigenvalue weighted by Crippen LogP contribution is 2.38. The van der Waals surface area contributed by atoms with Crippen molar-refractivity contribution in [1.29, 1.82) is 0 Å². The number of hydrogen-bond acceptors (Lipinski definition) is 6. The number of carbonyl (C=O) groups is 2. The summed E-state index contributed by atoms with van der Waals surface area (Å²) in [7, 11) is 4.57. The second-order valence-corrected chi connectivity index (χ2v) is 8.28. The summed E-state index contributed by atoms with van der Waals surface area (Å²) in [5.74, 6) is 0.899. The van der Waals surface area contributed by atoms with E-state index in [9.17, 15) is 9.59 Å². The number of ether oxygens (including phenoxy) is 3. The SMILES string of the molecule is CCCCCCCCCCCCCC(=O)NCC(=O)N/N=C/c1ccc(OC)c(OC)c1OC. The van der Waals surface area contributed by atoms with E-state index in [-0.39, 0.29) is 12.5 Å². The van der Waals surface area contributed by atoms with E-state index in [1.807, 2.05) is 0 Å². The third-order valence-corrected chi connectivity index (χ3v) is 5.58. The molecule has 0 spiro atoms. The van der Waals surface area contributed by atoms with Crippen LogP contribution >= 0.6 is 0 Å². The lowest BCUT2D eigenvalue weighted by Gasteiger charge is -2.13. The summed E-state index contributed by atoms with van der Waals surface area (Å²) in [5.41, 5.74) is 3.02. The van der Waals surface area contributed by atoms with Gasteiger partial charge in [0.15, 0.2) is 11.5 Å². The highest BCUT2D eigenvalue weighted by molar-refractivity contribution is 5.88. The van der Waals surface area contributed by atoms with E-state index < -0.39 is 5.91 Å². The highest BCUT2D eigenvalue weighted by Gasteiger charge is 2.14. The molecule has 0 unspecified atom stereocenters. The monoisotopic (exact) mass is 477 g/mol. The van der Waals surface area contributed by atoms with E-state index in [1.165, 1.54) is 78.9 Å². The fourth-order valence-corrected chi connectivity index (χ4v) is 3.66. The van der Waals surface area contributed by atoms with Crippen molar-refractivity contribution in [3.05, 3.63) is 17.7 Å². The van der Waals surface area contributed by atoms with E-state index in [4.69, 9.17) is 14.2 Å². The van der Waals surface area contributed by atoms with Gasteiger partial charge in [0.05, 0.1) is 34.1 Å². The molecule has 0 atom stereocenters. The van der Waals surface area contributed by atoms with E-state index in [0.29, 0.717) is 29.2 Å². The van der Waals surface area contributed by atoms with Gasteiger partial charge >= 0.3 is 0 Å². The van der Waals surface area contributed by atoms with Crippen LogP contribution < -0.4 is 25.0 Å². The Bertz CT molecular complexity index is 752. The maximum atomic E-state index is 12.0. The van der Waals surface area contributed by atoms with Gasteiger partial charge in [0.25, 0.3) is 5.91 Å². The van der Waals surface area contributed by atoms with Gasteiger partial charge in [-0.1, -0.05) is 71.1 Å². The van der Waals surface area contributed by atoms with Crippen molar-refractivity contribution in [2.24, 2.45) is 5.10 Å². The minimum absolute atomic E-state index is 0.114. The van der Waals surface area contributed by atoms with Crippen LogP contribution in [0.15, 0.2) is 17.2 Å². The van der Waals surface area contributed by atoms with Crippen LogP contribution in [0.1, 0.15) is 89.5 Å². The Labute approximate surface area is 204 Å². The molecule has 0 aliphatic carbocycles. The molecule has 2 amide bonds. The zero-order valence-corrected chi connectivity index (χ0v) is 21.4. The van der Waals surface area contributed by atoms with Crippen LogP contribution in [0.25, 0.3) is 0 Å². The van der Waals surface area contributed by atoms with Gasteiger partial charge in [-0.25, -0.2) is 5.43 Å². The molecule has 2 N–H and O–H groups in total. The Kier molecular flexibility index (Phi) is 16.0. The van der Waals surface area contributed by atoms with Gasteiger partial charge in [0.1, 0.15) is 0 Å². The molecule has 0 heterocycles. The van der Waals surface area contributed by atoms with Crippen molar-refractivity contribution in [2.45, 2.75) is 84.0 Å². The van der Waals surface area contributed by atoms with Crippen molar-refractivity contribution in [3.8, 4) is 17.2 Å². The third kappa shape index (κ3) is 11.9. The van der Waals surface area contributed by atoms with Crippen molar-refractivity contribution < 1.29 is 23.8 Å². The van der Waals surface area contributed by atoms with E-state index in [0.717, 1.165) is 19.3 Å². The number of unbranched alkanes of at least 4 members (excludes halogenated alkanes) is 10. The van der Waals surface area contributed by atoms with E-state index in [2.05, 4.69) is 22.8 Å². The molecule has 0 aromatic heterocycles. The summed E-state index contributed by atoms with van der Waals surface area (Å²) in [6, 6.07) is 3.46. The second kappa shape index (κ2) is 18.6. The molecule has 0 saturated carbocycles. The average Bonchev–Trinajstić information content (AvgIpc) is 2.85. The maximum Gasteiger partial charge on any atom is 0.259 e. The third-order valence-electron chi connectivity index (χ3n) is 5.58. The molecule has 8 heteroatoms. The molecule has 0 fully saturated rings. The summed E-state index contributed by atoms with van der Waals surface area (Å²) >= 11 is 0. The Hall–Kier alpha value is -2.77. The normalized spacial score (nSPS) is 10.8. The summed E-state index contributed by atoms with van der Waals surface area (Å²) in [6.07, 6.45) is 15.5. The topological polar surface area (TPSA) is 98.3 Å². The van der Waals surface area contributed by atoms with Crippen LogP contribution in [0.4, 0.5) is 0 Å². The van der Waals surface area contributed by atoms with Crippen LogP contribution in [-0.4, -0.2) is 45.9 Å². The van der Waals surface area contributed by atoms with Crippen molar-refractivity contribution in [2.75, 3.05) is 27.9 Å². The predicted octanol–water partition coefficient (Wildman–Crippen LogP) is 4.98. The zero-order chi connectivity index (χ0) is 25.0.